The number of fused-ring (bicyclic) bond motifs is 1. The van der Waals surface area contributed by atoms with Crippen LogP contribution in [0.15, 0.2) is 24.4 Å². The van der Waals surface area contributed by atoms with Gasteiger partial charge in [-0.3, -0.25) is 5.10 Å². The Morgan fingerprint density at radius 2 is 2.13 bits per heavy atom. The van der Waals surface area contributed by atoms with Crippen LogP contribution in [0.4, 0.5) is 18.9 Å². The first-order valence-electron chi connectivity index (χ1n) is 4.28. The summed E-state index contributed by atoms with van der Waals surface area (Å²) < 4.78 is 35.7. The summed E-state index contributed by atoms with van der Waals surface area (Å²) in [6.07, 6.45) is -2.59. The number of anilines is 1. The summed E-state index contributed by atoms with van der Waals surface area (Å²) in [7, 11) is 0. The molecule has 0 spiro atoms. The summed E-state index contributed by atoms with van der Waals surface area (Å²) in [4.78, 5) is 0. The topological polar surface area (TPSA) is 40.7 Å². The predicted octanol–water partition coefficient (Wildman–Crippen LogP) is 2.54. The van der Waals surface area contributed by atoms with E-state index >= 15 is 0 Å². The number of nitrogens with one attached hydrogen (secondary N) is 2. The maximum atomic E-state index is 11.9. The number of rotatable bonds is 2. The number of aromatic amines is 1. The molecule has 80 valence electrons. The van der Waals surface area contributed by atoms with Gasteiger partial charge in [0.1, 0.15) is 6.54 Å². The number of nitrogens with zero attached hydrogens (tertiary/aromatic N) is 1. The van der Waals surface area contributed by atoms with E-state index in [1.807, 2.05) is 0 Å². The molecule has 1 heterocycles. The van der Waals surface area contributed by atoms with Crippen molar-refractivity contribution < 1.29 is 13.2 Å². The smallest absolute Gasteiger partial charge is 0.376 e. The van der Waals surface area contributed by atoms with E-state index in [1.54, 1.807) is 24.4 Å². The van der Waals surface area contributed by atoms with Crippen LogP contribution in [0.5, 0.6) is 0 Å². The minimum absolute atomic E-state index is 0.420. The van der Waals surface area contributed by atoms with Gasteiger partial charge in [-0.15, -0.1) is 0 Å². The van der Waals surface area contributed by atoms with Crippen LogP contribution in [0.1, 0.15) is 0 Å². The van der Waals surface area contributed by atoms with Crippen LogP contribution < -0.4 is 5.32 Å². The SMILES string of the molecule is FC(F)(F)CNc1ccc2cn[nH]c2c1. The first kappa shape index (κ1) is 9.82. The highest BCUT2D eigenvalue weighted by Gasteiger charge is 2.26. The lowest BCUT2D eigenvalue weighted by atomic mass is 10.2. The van der Waals surface area contributed by atoms with Crippen molar-refractivity contribution in [2.45, 2.75) is 6.18 Å². The summed E-state index contributed by atoms with van der Waals surface area (Å²) in [6, 6.07) is 4.88. The fourth-order valence-electron chi connectivity index (χ4n) is 1.25. The van der Waals surface area contributed by atoms with E-state index in [4.69, 9.17) is 0 Å². The number of aromatic nitrogens is 2. The third-order valence-corrected chi connectivity index (χ3v) is 1.93. The van der Waals surface area contributed by atoms with Crippen molar-refractivity contribution in [2.75, 3.05) is 11.9 Å². The second-order valence-corrected chi connectivity index (χ2v) is 3.14. The molecule has 0 unspecified atom stereocenters. The molecule has 0 aliphatic rings. The lowest BCUT2D eigenvalue weighted by Crippen LogP contribution is -2.21. The second kappa shape index (κ2) is 3.45. The third kappa shape index (κ3) is 2.39. The van der Waals surface area contributed by atoms with Crippen LogP contribution in [0.3, 0.4) is 0 Å². The van der Waals surface area contributed by atoms with Gasteiger partial charge in [0, 0.05) is 11.1 Å². The van der Waals surface area contributed by atoms with E-state index < -0.39 is 12.7 Å². The molecule has 0 radical (unpaired) electrons. The van der Waals surface area contributed by atoms with Gasteiger partial charge in [-0.25, -0.2) is 0 Å². The Bertz CT molecular complexity index is 461. The van der Waals surface area contributed by atoms with Crippen LogP contribution in [-0.2, 0) is 0 Å². The number of hydrogen-bond donors (Lipinski definition) is 2. The van der Waals surface area contributed by atoms with Crippen molar-refractivity contribution >= 4 is 16.6 Å². The molecule has 0 aliphatic heterocycles. The number of halogens is 3. The molecule has 0 atom stereocenters. The van der Waals surface area contributed by atoms with Gasteiger partial charge in [-0.2, -0.15) is 18.3 Å². The van der Waals surface area contributed by atoms with E-state index in [0.717, 1.165) is 5.39 Å². The zero-order chi connectivity index (χ0) is 10.9. The summed E-state index contributed by atoms with van der Waals surface area (Å²) >= 11 is 0. The molecule has 0 bridgehead atoms. The maximum Gasteiger partial charge on any atom is 0.405 e. The lowest BCUT2D eigenvalue weighted by molar-refractivity contribution is -0.115. The van der Waals surface area contributed by atoms with Crippen LogP contribution in [-0.4, -0.2) is 22.9 Å². The highest BCUT2D eigenvalue weighted by Crippen LogP contribution is 2.19. The standard InChI is InChI=1S/C9H8F3N3/c10-9(11,12)5-13-7-2-1-6-4-14-15-8(6)3-7/h1-4,13H,5H2,(H,14,15). The van der Waals surface area contributed by atoms with Gasteiger partial charge in [0.05, 0.1) is 11.7 Å². The Balaban J connectivity index is 2.15. The van der Waals surface area contributed by atoms with Gasteiger partial charge >= 0.3 is 6.18 Å². The summed E-state index contributed by atoms with van der Waals surface area (Å²) in [5, 5.41) is 9.62. The van der Waals surface area contributed by atoms with Gasteiger partial charge in [-0.05, 0) is 18.2 Å². The van der Waals surface area contributed by atoms with Crippen molar-refractivity contribution in [3.63, 3.8) is 0 Å². The largest absolute Gasteiger partial charge is 0.405 e. The molecule has 6 heteroatoms. The fraction of sp³-hybridized carbons (Fsp3) is 0.222. The van der Waals surface area contributed by atoms with Crippen LogP contribution in [0.2, 0.25) is 0 Å². The summed E-state index contributed by atoms with van der Waals surface area (Å²) in [5.41, 5.74) is 1.13. The van der Waals surface area contributed by atoms with Gasteiger partial charge in [0.15, 0.2) is 0 Å². The van der Waals surface area contributed by atoms with Gasteiger partial charge < -0.3 is 5.32 Å². The highest BCUT2D eigenvalue weighted by molar-refractivity contribution is 5.81. The molecule has 1 aromatic heterocycles. The molecule has 3 nitrogen and oxygen atoms in total. The third-order valence-electron chi connectivity index (χ3n) is 1.93. The number of benzene rings is 1. The molecule has 0 aliphatic carbocycles. The Hall–Kier alpha value is -1.72. The van der Waals surface area contributed by atoms with Gasteiger partial charge in [-0.1, -0.05) is 0 Å². The Morgan fingerprint density at radius 3 is 2.87 bits per heavy atom. The molecule has 0 fully saturated rings. The average Bonchev–Trinajstić information content (AvgIpc) is 2.60. The van der Waals surface area contributed by atoms with E-state index in [9.17, 15) is 13.2 Å². The van der Waals surface area contributed by atoms with Crippen molar-refractivity contribution in [1.82, 2.24) is 10.2 Å². The molecule has 2 rings (SSSR count). The van der Waals surface area contributed by atoms with E-state index in [2.05, 4.69) is 15.5 Å². The van der Waals surface area contributed by atoms with Crippen molar-refractivity contribution in [3.8, 4) is 0 Å². The maximum absolute atomic E-state index is 11.9. The van der Waals surface area contributed by atoms with Crippen molar-refractivity contribution in [3.05, 3.63) is 24.4 Å². The predicted molar refractivity (Wildman–Crippen MR) is 50.6 cm³/mol. The molecule has 0 saturated carbocycles. The first-order valence-corrected chi connectivity index (χ1v) is 4.28. The molecule has 0 saturated heterocycles. The first-order chi connectivity index (χ1) is 7.04. The van der Waals surface area contributed by atoms with Crippen LogP contribution >= 0.6 is 0 Å². The van der Waals surface area contributed by atoms with Gasteiger partial charge in [0.2, 0.25) is 0 Å². The molecule has 1 aromatic carbocycles. The molecular weight excluding hydrogens is 207 g/mol. The Morgan fingerprint density at radius 1 is 1.33 bits per heavy atom. The molecular formula is C9H8F3N3. The normalized spacial score (nSPS) is 11.9. The molecule has 2 N–H and O–H groups in total. The minimum atomic E-state index is -4.21. The van der Waals surface area contributed by atoms with E-state index in [1.165, 1.54) is 0 Å². The van der Waals surface area contributed by atoms with Crippen LogP contribution in [0.25, 0.3) is 10.9 Å². The molecule has 2 aromatic rings. The van der Waals surface area contributed by atoms with E-state index in [-0.39, 0.29) is 0 Å². The number of H-pyrrole nitrogens is 1. The summed E-state index contributed by atoms with van der Waals surface area (Å²) in [5.74, 6) is 0. The molecule has 0 amide bonds. The van der Waals surface area contributed by atoms with Crippen molar-refractivity contribution in [2.24, 2.45) is 0 Å². The Kier molecular flexibility index (Phi) is 2.26. The molecule has 15 heavy (non-hydrogen) atoms. The average molecular weight is 215 g/mol. The highest BCUT2D eigenvalue weighted by atomic mass is 19.4. The monoisotopic (exact) mass is 215 g/mol. The quantitative estimate of drug-likeness (QED) is 0.808. The minimum Gasteiger partial charge on any atom is -0.376 e. The lowest BCUT2D eigenvalue weighted by Gasteiger charge is -2.09. The number of hydrogen-bond acceptors (Lipinski definition) is 2. The Labute approximate surface area is 83.3 Å². The van der Waals surface area contributed by atoms with Crippen LogP contribution in [0, 0.1) is 0 Å². The summed E-state index contributed by atoms with van der Waals surface area (Å²) in [6.45, 7) is -1.04. The fourth-order valence-corrected chi connectivity index (χ4v) is 1.25. The number of alkyl halides is 3. The zero-order valence-electron chi connectivity index (χ0n) is 7.60. The van der Waals surface area contributed by atoms with E-state index in [0.29, 0.717) is 11.2 Å². The second-order valence-electron chi connectivity index (χ2n) is 3.14. The van der Waals surface area contributed by atoms with Gasteiger partial charge in [0.25, 0.3) is 0 Å². The van der Waals surface area contributed by atoms with Crippen molar-refractivity contribution in [1.29, 1.82) is 0 Å². The zero-order valence-corrected chi connectivity index (χ0v) is 7.60.